The summed E-state index contributed by atoms with van der Waals surface area (Å²) >= 11 is 0. The van der Waals surface area contributed by atoms with Gasteiger partial charge in [0.1, 0.15) is 5.92 Å². The predicted molar refractivity (Wildman–Crippen MR) is 71.2 cm³/mol. The van der Waals surface area contributed by atoms with Gasteiger partial charge in [-0.3, -0.25) is 9.59 Å². The number of hydrogen-bond acceptors (Lipinski definition) is 3. The predicted octanol–water partition coefficient (Wildman–Crippen LogP) is 2.48. The number of esters is 1. The molecule has 0 spiro atoms. The minimum Gasteiger partial charge on any atom is -0.468 e. The van der Waals surface area contributed by atoms with Crippen LogP contribution < -0.4 is 0 Å². The number of ether oxygens (including phenoxy) is 1. The van der Waals surface area contributed by atoms with Crippen molar-refractivity contribution in [3.05, 3.63) is 34.4 Å². The SMILES string of the molecule is COC(=O)[C@H]1CCc2c(ccc3c2CCCC3)C1=O. The highest BCUT2D eigenvalue weighted by molar-refractivity contribution is 6.10. The van der Waals surface area contributed by atoms with Crippen molar-refractivity contribution >= 4 is 11.8 Å². The number of ketones is 1. The van der Waals surface area contributed by atoms with Crippen molar-refractivity contribution in [1.29, 1.82) is 0 Å². The molecule has 3 rings (SSSR count). The molecule has 1 aromatic rings. The van der Waals surface area contributed by atoms with Crippen LogP contribution in [-0.4, -0.2) is 18.9 Å². The summed E-state index contributed by atoms with van der Waals surface area (Å²) in [6.45, 7) is 0. The van der Waals surface area contributed by atoms with E-state index in [4.69, 9.17) is 4.74 Å². The monoisotopic (exact) mass is 258 g/mol. The maximum atomic E-state index is 12.4. The molecule has 0 radical (unpaired) electrons. The lowest BCUT2D eigenvalue weighted by Gasteiger charge is -2.27. The van der Waals surface area contributed by atoms with Crippen LogP contribution in [0.1, 0.15) is 46.3 Å². The Kier molecular flexibility index (Phi) is 3.13. The molecule has 0 saturated heterocycles. The summed E-state index contributed by atoms with van der Waals surface area (Å²) in [6, 6.07) is 3.99. The number of carbonyl (C=O) groups excluding carboxylic acids is 2. The zero-order valence-corrected chi connectivity index (χ0v) is 11.2. The van der Waals surface area contributed by atoms with E-state index in [9.17, 15) is 9.59 Å². The molecular weight excluding hydrogens is 240 g/mol. The molecule has 0 N–H and O–H groups in total. The van der Waals surface area contributed by atoms with Crippen molar-refractivity contribution in [1.82, 2.24) is 0 Å². The summed E-state index contributed by atoms with van der Waals surface area (Å²) in [5, 5.41) is 0. The van der Waals surface area contributed by atoms with Crippen molar-refractivity contribution < 1.29 is 14.3 Å². The first-order valence-corrected chi connectivity index (χ1v) is 6.98. The normalized spacial score (nSPS) is 21.5. The first kappa shape index (κ1) is 12.4. The molecule has 0 saturated carbocycles. The summed E-state index contributed by atoms with van der Waals surface area (Å²) < 4.78 is 4.73. The van der Waals surface area contributed by atoms with Crippen LogP contribution in [0.5, 0.6) is 0 Å². The molecule has 3 nitrogen and oxygen atoms in total. The molecule has 3 heteroatoms. The van der Waals surface area contributed by atoms with Crippen molar-refractivity contribution in [2.45, 2.75) is 38.5 Å². The second kappa shape index (κ2) is 4.80. The number of Topliss-reactive ketones (excluding diaryl/α,β-unsaturated/α-hetero) is 1. The number of rotatable bonds is 1. The number of hydrogen-bond donors (Lipinski definition) is 0. The maximum Gasteiger partial charge on any atom is 0.316 e. The molecule has 0 aliphatic heterocycles. The van der Waals surface area contributed by atoms with Crippen LogP contribution in [0.2, 0.25) is 0 Å². The molecule has 0 unspecified atom stereocenters. The first-order valence-electron chi connectivity index (χ1n) is 6.98. The number of fused-ring (bicyclic) bond motifs is 3. The maximum absolute atomic E-state index is 12.4. The Morgan fingerprint density at radius 2 is 1.95 bits per heavy atom. The smallest absolute Gasteiger partial charge is 0.316 e. The van der Waals surface area contributed by atoms with Crippen LogP contribution in [-0.2, 0) is 28.8 Å². The molecule has 0 heterocycles. The Labute approximate surface area is 113 Å². The van der Waals surface area contributed by atoms with Gasteiger partial charge >= 0.3 is 5.97 Å². The van der Waals surface area contributed by atoms with E-state index in [0.29, 0.717) is 6.42 Å². The lowest BCUT2D eigenvalue weighted by atomic mass is 9.76. The third-order valence-electron chi connectivity index (χ3n) is 4.40. The fraction of sp³-hybridized carbons (Fsp3) is 0.500. The third kappa shape index (κ3) is 1.97. The van der Waals surface area contributed by atoms with E-state index < -0.39 is 11.9 Å². The summed E-state index contributed by atoms with van der Waals surface area (Å²) in [5.74, 6) is -1.05. The highest BCUT2D eigenvalue weighted by Crippen LogP contribution is 2.33. The molecular formula is C16H18O3. The van der Waals surface area contributed by atoms with E-state index in [-0.39, 0.29) is 5.78 Å². The van der Waals surface area contributed by atoms with E-state index in [2.05, 4.69) is 6.07 Å². The van der Waals surface area contributed by atoms with E-state index in [1.165, 1.54) is 36.6 Å². The van der Waals surface area contributed by atoms with Gasteiger partial charge in [-0.25, -0.2) is 0 Å². The Morgan fingerprint density at radius 3 is 2.74 bits per heavy atom. The van der Waals surface area contributed by atoms with Crippen molar-refractivity contribution in [2.24, 2.45) is 5.92 Å². The Balaban J connectivity index is 2.02. The van der Waals surface area contributed by atoms with Gasteiger partial charge in [0.25, 0.3) is 0 Å². The van der Waals surface area contributed by atoms with E-state index in [0.717, 1.165) is 24.8 Å². The Morgan fingerprint density at radius 1 is 1.16 bits per heavy atom. The zero-order chi connectivity index (χ0) is 13.4. The first-order chi connectivity index (χ1) is 9.22. The van der Waals surface area contributed by atoms with Gasteiger partial charge < -0.3 is 4.74 Å². The summed E-state index contributed by atoms with van der Waals surface area (Å²) in [7, 11) is 1.35. The summed E-state index contributed by atoms with van der Waals surface area (Å²) in [6.07, 6.45) is 6.06. The average Bonchev–Trinajstić information content (AvgIpc) is 2.46. The Hall–Kier alpha value is -1.64. The van der Waals surface area contributed by atoms with Gasteiger partial charge in [0, 0.05) is 5.56 Å². The second-order valence-electron chi connectivity index (χ2n) is 5.42. The molecule has 1 atom stereocenters. The van der Waals surface area contributed by atoms with E-state index >= 15 is 0 Å². The number of methoxy groups -OCH3 is 1. The standard InChI is InChI=1S/C16H18O3/c1-19-16(18)14-9-8-12-11-5-3-2-4-10(11)6-7-13(12)15(14)17/h6-7,14H,2-5,8-9H2,1H3/t14-/m0/s1. The minimum absolute atomic E-state index is 0.0542. The topological polar surface area (TPSA) is 43.4 Å². The number of benzene rings is 1. The summed E-state index contributed by atoms with van der Waals surface area (Å²) in [4.78, 5) is 24.0. The van der Waals surface area contributed by atoms with Crippen LogP contribution in [0, 0.1) is 5.92 Å². The average molecular weight is 258 g/mol. The molecule has 19 heavy (non-hydrogen) atoms. The van der Waals surface area contributed by atoms with Crippen LogP contribution in [0.3, 0.4) is 0 Å². The molecule has 0 fully saturated rings. The number of carbonyl (C=O) groups is 2. The summed E-state index contributed by atoms with van der Waals surface area (Å²) in [5.41, 5.74) is 4.72. The zero-order valence-electron chi connectivity index (χ0n) is 11.2. The van der Waals surface area contributed by atoms with Crippen molar-refractivity contribution in [2.75, 3.05) is 7.11 Å². The van der Waals surface area contributed by atoms with Crippen LogP contribution in [0.25, 0.3) is 0 Å². The second-order valence-corrected chi connectivity index (χ2v) is 5.42. The lowest BCUT2D eigenvalue weighted by Crippen LogP contribution is -2.31. The van der Waals surface area contributed by atoms with Gasteiger partial charge in [0.05, 0.1) is 7.11 Å². The van der Waals surface area contributed by atoms with Crippen LogP contribution in [0.15, 0.2) is 12.1 Å². The lowest BCUT2D eigenvalue weighted by molar-refractivity contribution is -0.143. The molecule has 1 aromatic carbocycles. The fourth-order valence-electron chi connectivity index (χ4n) is 3.40. The highest BCUT2D eigenvalue weighted by atomic mass is 16.5. The van der Waals surface area contributed by atoms with Crippen molar-refractivity contribution in [3.63, 3.8) is 0 Å². The minimum atomic E-state index is -0.598. The molecule has 0 aromatic heterocycles. The van der Waals surface area contributed by atoms with E-state index in [1.807, 2.05) is 6.07 Å². The molecule has 2 aliphatic carbocycles. The van der Waals surface area contributed by atoms with Gasteiger partial charge in [-0.2, -0.15) is 0 Å². The van der Waals surface area contributed by atoms with E-state index in [1.54, 1.807) is 0 Å². The van der Waals surface area contributed by atoms with Gasteiger partial charge in [0.15, 0.2) is 5.78 Å². The van der Waals surface area contributed by atoms with Gasteiger partial charge in [0.2, 0.25) is 0 Å². The Bertz CT molecular complexity index is 545. The molecule has 2 aliphatic rings. The van der Waals surface area contributed by atoms with Gasteiger partial charge in [-0.05, 0) is 55.2 Å². The number of aryl methyl sites for hydroxylation is 1. The van der Waals surface area contributed by atoms with Crippen LogP contribution in [0.4, 0.5) is 0 Å². The van der Waals surface area contributed by atoms with Gasteiger partial charge in [-0.1, -0.05) is 12.1 Å². The molecule has 0 bridgehead atoms. The van der Waals surface area contributed by atoms with Gasteiger partial charge in [-0.15, -0.1) is 0 Å². The molecule has 0 amide bonds. The largest absolute Gasteiger partial charge is 0.468 e. The quantitative estimate of drug-likeness (QED) is 0.574. The van der Waals surface area contributed by atoms with Crippen LogP contribution >= 0.6 is 0 Å². The third-order valence-corrected chi connectivity index (χ3v) is 4.40. The molecule has 100 valence electrons. The highest BCUT2D eigenvalue weighted by Gasteiger charge is 2.35. The fourth-order valence-corrected chi connectivity index (χ4v) is 3.40. The van der Waals surface area contributed by atoms with Crippen molar-refractivity contribution in [3.8, 4) is 0 Å².